The Hall–Kier alpha value is -6.03. The number of aromatic nitrogens is 5. The number of hydrogen-bond donors (Lipinski definition) is 4. The number of alkyl carbamates (subject to hydrolysis) is 2. The third-order valence-corrected chi connectivity index (χ3v) is 12.2. The lowest BCUT2D eigenvalue weighted by atomic mass is 10.0. The van der Waals surface area contributed by atoms with Gasteiger partial charge in [0.05, 0.1) is 55.0 Å². The van der Waals surface area contributed by atoms with E-state index in [1.165, 1.54) is 14.2 Å². The van der Waals surface area contributed by atoms with Crippen LogP contribution in [0.3, 0.4) is 0 Å². The molecule has 2 aromatic carbocycles. The van der Waals surface area contributed by atoms with Gasteiger partial charge in [-0.25, -0.2) is 24.5 Å². The number of benzene rings is 2. The Bertz CT molecular complexity index is 2110. The summed E-state index contributed by atoms with van der Waals surface area (Å²) in [5, 5.41) is 6.29. The van der Waals surface area contributed by atoms with E-state index < -0.39 is 24.3 Å². The Kier molecular flexibility index (Phi) is 12.4. The van der Waals surface area contributed by atoms with Crippen molar-refractivity contribution in [3.63, 3.8) is 0 Å². The lowest BCUT2D eigenvalue weighted by Gasteiger charge is -2.30. The van der Waals surface area contributed by atoms with Crippen molar-refractivity contribution in [2.45, 2.75) is 77.5 Å². The lowest BCUT2D eigenvalue weighted by Crippen LogP contribution is -2.51. The van der Waals surface area contributed by atoms with E-state index in [4.69, 9.17) is 14.5 Å². The van der Waals surface area contributed by atoms with Crippen molar-refractivity contribution in [3.05, 3.63) is 78.8 Å². The minimum absolute atomic E-state index is 0.106. The Morgan fingerprint density at radius 1 is 0.644 bits per heavy atom. The summed E-state index contributed by atoms with van der Waals surface area (Å²) in [7, 11) is 2.58. The molecule has 2 saturated heterocycles. The van der Waals surface area contributed by atoms with E-state index in [2.05, 4.69) is 54.8 Å². The van der Waals surface area contributed by atoms with E-state index in [1.807, 2.05) is 63.1 Å². The molecule has 0 bridgehead atoms. The molecule has 0 spiro atoms. The molecule has 7 rings (SSSR count). The molecule has 59 heavy (non-hydrogen) atoms. The molecule has 5 aromatic rings. The summed E-state index contributed by atoms with van der Waals surface area (Å²) in [6.45, 7) is 8.79. The number of imidazole rings is 2. The maximum absolute atomic E-state index is 13.5. The average Bonchev–Trinajstić information content (AvgIpc) is 4.10. The number of nitrogens with one attached hydrogen (secondary N) is 4. The van der Waals surface area contributed by atoms with Crippen LogP contribution in [0.4, 0.5) is 9.59 Å². The van der Waals surface area contributed by atoms with Crippen molar-refractivity contribution in [1.29, 1.82) is 0 Å². The van der Waals surface area contributed by atoms with Gasteiger partial charge in [-0.2, -0.15) is 0 Å². The molecule has 310 valence electrons. The zero-order valence-electron chi connectivity index (χ0n) is 34.2. The fourth-order valence-electron chi connectivity index (χ4n) is 7.84. The number of carbonyl (C=O) groups is 4. The smallest absolute Gasteiger partial charge is 0.407 e. The van der Waals surface area contributed by atoms with Crippen LogP contribution < -0.4 is 10.6 Å². The quantitative estimate of drug-likeness (QED) is 0.0999. The normalized spacial score (nSPS) is 17.6. The molecule has 3 aromatic heterocycles. The molecule has 0 radical (unpaired) electrons. The van der Waals surface area contributed by atoms with Gasteiger partial charge >= 0.3 is 12.2 Å². The van der Waals surface area contributed by atoms with Gasteiger partial charge in [0, 0.05) is 24.8 Å². The molecule has 4 amide bonds. The van der Waals surface area contributed by atoms with Gasteiger partial charge < -0.3 is 39.9 Å². The molecule has 2 aliphatic heterocycles. The maximum atomic E-state index is 13.5. The Morgan fingerprint density at radius 2 is 1.07 bits per heavy atom. The number of likely N-dealkylation sites (tertiary alicyclic amines) is 2. The second kappa shape index (κ2) is 17.9. The van der Waals surface area contributed by atoms with Crippen molar-refractivity contribution < 1.29 is 28.7 Å². The van der Waals surface area contributed by atoms with Crippen LogP contribution in [0, 0.1) is 11.8 Å². The number of hydrogen-bond acceptors (Lipinski definition) is 10. The topological polar surface area (TPSA) is 188 Å². The third kappa shape index (κ3) is 8.87. The molecule has 0 aliphatic carbocycles. The first-order chi connectivity index (χ1) is 28.4. The number of aromatic amines is 2. The van der Waals surface area contributed by atoms with Crippen molar-refractivity contribution in [3.8, 4) is 43.5 Å². The molecule has 16 heteroatoms. The monoisotopic (exact) mass is 821 g/mol. The number of rotatable bonds is 12. The van der Waals surface area contributed by atoms with Crippen molar-refractivity contribution in [2.75, 3.05) is 27.3 Å². The second-order valence-electron chi connectivity index (χ2n) is 15.6. The first kappa shape index (κ1) is 41.1. The van der Waals surface area contributed by atoms with Crippen LogP contribution in [0.15, 0.2) is 67.1 Å². The van der Waals surface area contributed by atoms with Gasteiger partial charge in [0.2, 0.25) is 11.8 Å². The van der Waals surface area contributed by atoms with E-state index in [-0.39, 0.29) is 35.7 Å². The van der Waals surface area contributed by atoms with Gasteiger partial charge in [-0.05, 0) is 54.2 Å². The van der Waals surface area contributed by atoms with Crippen LogP contribution in [0.5, 0.6) is 0 Å². The highest BCUT2D eigenvalue weighted by molar-refractivity contribution is 7.18. The molecule has 1 unspecified atom stereocenters. The highest BCUT2D eigenvalue weighted by Gasteiger charge is 2.39. The summed E-state index contributed by atoms with van der Waals surface area (Å²) in [5.41, 5.74) is 5.69. The third-order valence-electron chi connectivity index (χ3n) is 11.1. The number of H-pyrrole nitrogens is 2. The van der Waals surface area contributed by atoms with Crippen LogP contribution in [0.25, 0.3) is 43.5 Å². The van der Waals surface area contributed by atoms with E-state index >= 15 is 0 Å². The van der Waals surface area contributed by atoms with E-state index in [0.29, 0.717) is 13.1 Å². The summed E-state index contributed by atoms with van der Waals surface area (Å²) < 4.78 is 9.52. The highest BCUT2D eigenvalue weighted by Crippen LogP contribution is 2.37. The van der Waals surface area contributed by atoms with Crippen LogP contribution in [-0.4, -0.2) is 98.1 Å². The molecular formula is C43H51N9O6S. The number of carbonyl (C=O) groups excluding carboxylic acids is 4. The van der Waals surface area contributed by atoms with Crippen LogP contribution in [-0.2, 0) is 19.1 Å². The SMILES string of the molecule is COC(=O)NC(C(=O)N1CCC[C@H]1c1ncc(-c2ccc(-c3cnc(-c4ccc(-c5cnc([C@@H]6CCCN6C(=O)[C@@H](NC(=O)OC)C(C)C)[nH]5)cc4)s3)cc2)[nH]1)C(C)C. The Balaban J connectivity index is 0.989. The standard InChI is InChI=1S/C43H51N9O6S/c1-24(2)35(49-42(55)57-5)40(53)51-19-7-9-32(51)37-44-21-30(47-37)26-11-15-28(16-12-26)34-23-46-39(59-34)29-17-13-27(14-18-29)31-22-45-38(48-31)33-10-8-20-52(33)41(54)36(25(3)4)50-43(56)58-6/h11-18,21-25,32-33,35-36H,7-10,19-20H2,1-6H3,(H,44,47)(H,45,48)(H,49,55)(H,50,56)/t32-,33-,35?,36-/m0/s1. The minimum Gasteiger partial charge on any atom is -0.453 e. The second-order valence-corrected chi connectivity index (χ2v) is 16.7. The minimum atomic E-state index is -0.690. The van der Waals surface area contributed by atoms with Gasteiger partial charge in [-0.3, -0.25) is 9.59 Å². The van der Waals surface area contributed by atoms with Gasteiger partial charge in [0.15, 0.2) is 0 Å². The zero-order valence-corrected chi connectivity index (χ0v) is 35.0. The number of amides is 4. The molecule has 5 heterocycles. The summed E-state index contributed by atoms with van der Waals surface area (Å²) in [6, 6.07) is 14.6. The Morgan fingerprint density at radius 3 is 1.49 bits per heavy atom. The van der Waals surface area contributed by atoms with E-state index in [1.54, 1.807) is 28.6 Å². The lowest BCUT2D eigenvalue weighted by molar-refractivity contribution is -0.136. The molecule has 0 saturated carbocycles. The summed E-state index contributed by atoms with van der Waals surface area (Å²) >= 11 is 1.61. The first-order valence-corrected chi connectivity index (χ1v) is 20.8. The van der Waals surface area contributed by atoms with E-state index in [0.717, 1.165) is 80.9 Å². The predicted octanol–water partition coefficient (Wildman–Crippen LogP) is 7.35. The predicted molar refractivity (Wildman–Crippen MR) is 224 cm³/mol. The summed E-state index contributed by atoms with van der Waals surface area (Å²) in [6.07, 6.45) is 7.49. The molecule has 15 nitrogen and oxygen atoms in total. The fourth-order valence-corrected chi connectivity index (χ4v) is 8.77. The van der Waals surface area contributed by atoms with Crippen molar-refractivity contribution in [1.82, 2.24) is 45.4 Å². The molecular weight excluding hydrogens is 771 g/mol. The average molecular weight is 822 g/mol. The summed E-state index contributed by atoms with van der Waals surface area (Å²) in [5.74, 6) is 0.946. The van der Waals surface area contributed by atoms with Crippen LogP contribution >= 0.6 is 11.3 Å². The largest absolute Gasteiger partial charge is 0.453 e. The number of methoxy groups -OCH3 is 2. The van der Waals surface area contributed by atoms with Crippen molar-refractivity contribution in [2.24, 2.45) is 11.8 Å². The van der Waals surface area contributed by atoms with Gasteiger partial charge in [0.1, 0.15) is 28.7 Å². The van der Waals surface area contributed by atoms with Gasteiger partial charge in [-0.15, -0.1) is 11.3 Å². The van der Waals surface area contributed by atoms with Crippen molar-refractivity contribution >= 4 is 35.3 Å². The molecule has 2 aliphatic rings. The number of ether oxygens (including phenoxy) is 2. The fraction of sp³-hybridized carbons (Fsp3) is 0.419. The molecule has 2 fully saturated rings. The maximum Gasteiger partial charge on any atom is 0.407 e. The van der Waals surface area contributed by atoms with E-state index in [9.17, 15) is 19.2 Å². The number of nitrogens with zero attached hydrogens (tertiary/aromatic N) is 5. The zero-order chi connectivity index (χ0) is 41.8. The Labute approximate surface area is 347 Å². The highest BCUT2D eigenvalue weighted by atomic mass is 32.1. The first-order valence-electron chi connectivity index (χ1n) is 20.0. The molecule has 4 N–H and O–H groups in total. The number of thiazole rings is 1. The van der Waals surface area contributed by atoms with Gasteiger partial charge in [0.25, 0.3) is 0 Å². The summed E-state index contributed by atoms with van der Waals surface area (Å²) in [4.78, 5) is 76.6. The van der Waals surface area contributed by atoms with Gasteiger partial charge in [-0.1, -0.05) is 76.2 Å². The molecule has 4 atom stereocenters. The van der Waals surface area contributed by atoms with Crippen LogP contribution in [0.1, 0.15) is 77.1 Å². The van der Waals surface area contributed by atoms with Crippen LogP contribution in [0.2, 0.25) is 0 Å².